The van der Waals surface area contributed by atoms with Crippen LogP contribution in [0.5, 0.6) is 0 Å². The van der Waals surface area contributed by atoms with Crippen molar-refractivity contribution >= 4 is 29.2 Å². The highest BCUT2D eigenvalue weighted by molar-refractivity contribution is 6.34. The molecule has 2 aliphatic heterocycles. The molecule has 1 saturated heterocycles. The first-order valence-electron chi connectivity index (χ1n) is 7.14. The fourth-order valence-corrected chi connectivity index (χ4v) is 3.26. The summed E-state index contributed by atoms with van der Waals surface area (Å²) in [7, 11) is 0. The van der Waals surface area contributed by atoms with E-state index in [0.717, 1.165) is 22.4 Å². The van der Waals surface area contributed by atoms with Gasteiger partial charge < -0.3 is 4.90 Å². The summed E-state index contributed by atoms with van der Waals surface area (Å²) in [6, 6.07) is 12.2. The first-order chi connectivity index (χ1) is 10.6. The standard InChI is InChI=1S/C17H14ClN3O/c1-10-3-2-4-11(7-10)12-5-6-14-13(16(12)18)8-21-9-15(22)20-17(21)19-14/h2-7H,8-9H2,1H3,(H,19,20,22). The van der Waals surface area contributed by atoms with Crippen molar-refractivity contribution in [2.24, 2.45) is 4.99 Å². The molecule has 1 fully saturated rings. The second-order valence-electron chi connectivity index (χ2n) is 5.63. The largest absolute Gasteiger partial charge is 0.329 e. The number of hydrogen-bond acceptors (Lipinski definition) is 3. The Morgan fingerprint density at radius 1 is 1.23 bits per heavy atom. The van der Waals surface area contributed by atoms with Gasteiger partial charge >= 0.3 is 0 Å². The molecule has 0 aliphatic carbocycles. The van der Waals surface area contributed by atoms with Gasteiger partial charge in [0, 0.05) is 17.7 Å². The lowest BCUT2D eigenvalue weighted by atomic mass is 9.99. The van der Waals surface area contributed by atoms with Crippen molar-refractivity contribution < 1.29 is 4.79 Å². The number of carbonyl (C=O) groups excluding carboxylic acids is 1. The highest BCUT2D eigenvalue weighted by atomic mass is 35.5. The third-order valence-electron chi connectivity index (χ3n) is 4.01. The summed E-state index contributed by atoms with van der Waals surface area (Å²) in [5.41, 5.74) is 5.09. The van der Waals surface area contributed by atoms with Crippen LogP contribution in [0.4, 0.5) is 5.69 Å². The van der Waals surface area contributed by atoms with E-state index in [4.69, 9.17) is 11.6 Å². The fourth-order valence-electron chi connectivity index (χ4n) is 2.93. The molecule has 1 amide bonds. The van der Waals surface area contributed by atoms with Crippen LogP contribution in [-0.2, 0) is 11.3 Å². The number of amides is 1. The van der Waals surface area contributed by atoms with Crippen molar-refractivity contribution in [3.05, 3.63) is 52.5 Å². The third-order valence-corrected chi connectivity index (χ3v) is 4.44. The summed E-state index contributed by atoms with van der Waals surface area (Å²) in [4.78, 5) is 17.9. The van der Waals surface area contributed by atoms with Crippen molar-refractivity contribution in [1.82, 2.24) is 10.2 Å². The van der Waals surface area contributed by atoms with Gasteiger partial charge in [0.05, 0.1) is 10.7 Å². The number of hydrogen-bond donors (Lipinski definition) is 1. The number of rotatable bonds is 1. The smallest absolute Gasteiger partial charge is 0.246 e. The van der Waals surface area contributed by atoms with Crippen LogP contribution in [0.1, 0.15) is 11.1 Å². The minimum absolute atomic E-state index is 0.0263. The minimum atomic E-state index is -0.0263. The molecule has 0 atom stereocenters. The maximum absolute atomic E-state index is 11.5. The average molecular weight is 312 g/mol. The van der Waals surface area contributed by atoms with Crippen LogP contribution >= 0.6 is 11.6 Å². The summed E-state index contributed by atoms with van der Waals surface area (Å²) < 4.78 is 0. The summed E-state index contributed by atoms with van der Waals surface area (Å²) >= 11 is 6.64. The predicted octanol–water partition coefficient (Wildman–Crippen LogP) is 3.25. The molecule has 2 aliphatic rings. The molecule has 4 nitrogen and oxygen atoms in total. The van der Waals surface area contributed by atoms with E-state index in [1.165, 1.54) is 5.56 Å². The van der Waals surface area contributed by atoms with E-state index in [0.29, 0.717) is 24.1 Å². The summed E-state index contributed by atoms with van der Waals surface area (Å²) in [6.45, 7) is 3.00. The zero-order chi connectivity index (χ0) is 15.3. The second kappa shape index (κ2) is 4.85. The number of aryl methyl sites for hydroxylation is 1. The molecular formula is C17H14ClN3O. The van der Waals surface area contributed by atoms with Crippen molar-refractivity contribution in [2.45, 2.75) is 13.5 Å². The molecule has 22 heavy (non-hydrogen) atoms. The second-order valence-corrected chi connectivity index (χ2v) is 6.01. The predicted molar refractivity (Wildman–Crippen MR) is 87.3 cm³/mol. The molecule has 2 heterocycles. The topological polar surface area (TPSA) is 44.7 Å². The SMILES string of the molecule is Cc1cccc(-c2ccc3c(c2Cl)CN2CC(=O)NC2=N3)c1. The van der Waals surface area contributed by atoms with Crippen LogP contribution in [-0.4, -0.2) is 23.3 Å². The number of aliphatic imine (C=N–C) groups is 1. The molecule has 2 aromatic rings. The molecule has 2 aromatic carbocycles. The Morgan fingerprint density at radius 3 is 2.91 bits per heavy atom. The lowest BCUT2D eigenvalue weighted by Gasteiger charge is -2.24. The monoisotopic (exact) mass is 311 g/mol. The van der Waals surface area contributed by atoms with Gasteiger partial charge in [0.2, 0.25) is 11.9 Å². The van der Waals surface area contributed by atoms with Gasteiger partial charge in [-0.1, -0.05) is 47.5 Å². The quantitative estimate of drug-likeness (QED) is 0.878. The van der Waals surface area contributed by atoms with Crippen LogP contribution in [0.15, 0.2) is 41.4 Å². The van der Waals surface area contributed by atoms with Crippen LogP contribution in [0.25, 0.3) is 11.1 Å². The first-order valence-corrected chi connectivity index (χ1v) is 7.51. The normalized spacial score (nSPS) is 16.0. The van der Waals surface area contributed by atoms with Crippen LogP contribution in [0.2, 0.25) is 5.02 Å². The van der Waals surface area contributed by atoms with E-state index >= 15 is 0 Å². The van der Waals surface area contributed by atoms with E-state index in [-0.39, 0.29) is 5.91 Å². The first kappa shape index (κ1) is 13.3. The molecule has 5 heteroatoms. The van der Waals surface area contributed by atoms with Crippen LogP contribution in [0, 0.1) is 6.92 Å². The van der Waals surface area contributed by atoms with E-state index in [1.807, 2.05) is 23.1 Å². The van der Waals surface area contributed by atoms with Crippen molar-refractivity contribution in [2.75, 3.05) is 6.54 Å². The molecular weight excluding hydrogens is 298 g/mol. The zero-order valence-corrected chi connectivity index (χ0v) is 12.8. The number of nitrogens with zero attached hydrogens (tertiary/aromatic N) is 2. The van der Waals surface area contributed by atoms with E-state index in [9.17, 15) is 4.79 Å². The Hall–Kier alpha value is -2.33. The van der Waals surface area contributed by atoms with Gasteiger partial charge in [-0.2, -0.15) is 0 Å². The Morgan fingerprint density at radius 2 is 2.09 bits per heavy atom. The fraction of sp³-hybridized carbons (Fsp3) is 0.176. The van der Waals surface area contributed by atoms with Gasteiger partial charge in [-0.3, -0.25) is 10.1 Å². The molecule has 4 rings (SSSR count). The minimum Gasteiger partial charge on any atom is -0.329 e. The highest BCUT2D eigenvalue weighted by Crippen LogP contribution is 2.39. The van der Waals surface area contributed by atoms with Gasteiger partial charge in [0.1, 0.15) is 6.54 Å². The molecule has 0 aromatic heterocycles. The lowest BCUT2D eigenvalue weighted by Crippen LogP contribution is -2.32. The third kappa shape index (κ3) is 2.07. The number of carbonyl (C=O) groups is 1. The van der Waals surface area contributed by atoms with Gasteiger partial charge in [0.15, 0.2) is 0 Å². The van der Waals surface area contributed by atoms with Gasteiger partial charge in [0.25, 0.3) is 0 Å². The molecule has 0 spiro atoms. The molecule has 0 unspecified atom stereocenters. The maximum Gasteiger partial charge on any atom is 0.246 e. The zero-order valence-electron chi connectivity index (χ0n) is 12.1. The number of halogens is 1. The van der Waals surface area contributed by atoms with Crippen molar-refractivity contribution in [1.29, 1.82) is 0 Å². The number of guanidine groups is 1. The molecule has 0 saturated carbocycles. The van der Waals surface area contributed by atoms with Crippen LogP contribution in [0.3, 0.4) is 0 Å². The number of nitrogens with one attached hydrogen (secondary N) is 1. The Kier molecular flexibility index (Phi) is 2.94. The van der Waals surface area contributed by atoms with Crippen molar-refractivity contribution in [3.63, 3.8) is 0 Å². The Labute approximate surface area is 133 Å². The number of benzene rings is 2. The van der Waals surface area contributed by atoms with E-state index < -0.39 is 0 Å². The van der Waals surface area contributed by atoms with Crippen molar-refractivity contribution in [3.8, 4) is 11.1 Å². The highest BCUT2D eigenvalue weighted by Gasteiger charge is 2.30. The summed E-state index contributed by atoms with van der Waals surface area (Å²) in [6.07, 6.45) is 0. The average Bonchev–Trinajstić information content (AvgIpc) is 2.85. The molecule has 0 bridgehead atoms. The van der Waals surface area contributed by atoms with Crippen LogP contribution < -0.4 is 5.32 Å². The lowest BCUT2D eigenvalue weighted by molar-refractivity contribution is -0.118. The number of fused-ring (bicyclic) bond motifs is 2. The molecule has 110 valence electrons. The van der Waals surface area contributed by atoms with E-state index in [1.54, 1.807) is 0 Å². The van der Waals surface area contributed by atoms with Gasteiger partial charge in [-0.15, -0.1) is 0 Å². The molecule has 1 N–H and O–H groups in total. The maximum atomic E-state index is 11.5. The van der Waals surface area contributed by atoms with Gasteiger partial charge in [-0.25, -0.2) is 4.99 Å². The Bertz CT molecular complexity index is 829. The van der Waals surface area contributed by atoms with E-state index in [2.05, 4.69) is 35.4 Å². The van der Waals surface area contributed by atoms with Gasteiger partial charge in [-0.05, 0) is 18.6 Å². The summed E-state index contributed by atoms with van der Waals surface area (Å²) in [5.74, 6) is 0.596. The summed E-state index contributed by atoms with van der Waals surface area (Å²) in [5, 5.41) is 3.48. The Balaban J connectivity index is 1.82. The molecule has 0 radical (unpaired) electrons.